The van der Waals surface area contributed by atoms with E-state index in [1.807, 2.05) is 30.9 Å². The van der Waals surface area contributed by atoms with Crippen LogP contribution in [0.4, 0.5) is 0 Å². The SMILES string of the molecule is Cc1cc(C)n2nc(C(=O)N3CCC[C@@H](Cc4ccn[nH]4)C3)cc2n1. The molecular weight excluding hydrogens is 316 g/mol. The van der Waals surface area contributed by atoms with Crippen LogP contribution in [0.2, 0.25) is 0 Å². The van der Waals surface area contributed by atoms with Crippen LogP contribution in [0, 0.1) is 19.8 Å². The predicted octanol–water partition coefficient (Wildman–Crippen LogP) is 2.16. The van der Waals surface area contributed by atoms with Crippen molar-refractivity contribution < 1.29 is 4.79 Å². The van der Waals surface area contributed by atoms with Gasteiger partial charge in [-0.2, -0.15) is 10.2 Å². The number of amides is 1. The first-order valence-corrected chi connectivity index (χ1v) is 8.72. The first kappa shape index (κ1) is 15.8. The quantitative estimate of drug-likeness (QED) is 0.794. The maximum Gasteiger partial charge on any atom is 0.274 e. The Bertz CT molecular complexity index is 898. The Balaban J connectivity index is 1.53. The van der Waals surface area contributed by atoms with E-state index < -0.39 is 0 Å². The number of aromatic amines is 1. The van der Waals surface area contributed by atoms with Gasteiger partial charge in [-0.15, -0.1) is 0 Å². The molecule has 7 heteroatoms. The number of hydrogen-bond acceptors (Lipinski definition) is 4. The van der Waals surface area contributed by atoms with Crippen molar-refractivity contribution in [2.24, 2.45) is 5.92 Å². The molecule has 1 amide bonds. The van der Waals surface area contributed by atoms with Gasteiger partial charge in [-0.3, -0.25) is 9.89 Å². The topological polar surface area (TPSA) is 79.2 Å². The first-order valence-electron chi connectivity index (χ1n) is 8.72. The third-order valence-electron chi connectivity index (χ3n) is 4.83. The van der Waals surface area contributed by atoms with Gasteiger partial charge in [0.2, 0.25) is 0 Å². The lowest BCUT2D eigenvalue weighted by atomic mass is 9.93. The van der Waals surface area contributed by atoms with Crippen molar-refractivity contribution >= 4 is 11.6 Å². The van der Waals surface area contributed by atoms with Crippen LogP contribution >= 0.6 is 0 Å². The van der Waals surface area contributed by atoms with E-state index in [0.29, 0.717) is 11.6 Å². The molecule has 3 aromatic heterocycles. The second kappa shape index (κ2) is 6.31. The molecule has 1 fully saturated rings. The summed E-state index contributed by atoms with van der Waals surface area (Å²) in [5.41, 5.74) is 4.25. The van der Waals surface area contributed by atoms with E-state index in [1.54, 1.807) is 16.8 Å². The maximum atomic E-state index is 12.9. The number of nitrogens with one attached hydrogen (secondary N) is 1. The zero-order valence-corrected chi connectivity index (χ0v) is 14.6. The van der Waals surface area contributed by atoms with E-state index in [2.05, 4.69) is 20.3 Å². The highest BCUT2D eigenvalue weighted by Gasteiger charge is 2.26. The summed E-state index contributed by atoms with van der Waals surface area (Å²) in [7, 11) is 0. The summed E-state index contributed by atoms with van der Waals surface area (Å²) in [6.07, 6.45) is 4.85. The number of carbonyl (C=O) groups is 1. The fourth-order valence-electron chi connectivity index (χ4n) is 3.68. The second-order valence-electron chi connectivity index (χ2n) is 6.88. The van der Waals surface area contributed by atoms with Crippen molar-refractivity contribution in [2.75, 3.05) is 13.1 Å². The van der Waals surface area contributed by atoms with Gasteiger partial charge in [0.1, 0.15) is 0 Å². The molecule has 130 valence electrons. The van der Waals surface area contributed by atoms with Gasteiger partial charge in [0.15, 0.2) is 11.3 Å². The van der Waals surface area contributed by atoms with Gasteiger partial charge < -0.3 is 4.90 Å². The van der Waals surface area contributed by atoms with Crippen LogP contribution < -0.4 is 0 Å². The number of aromatic nitrogens is 5. The van der Waals surface area contributed by atoms with E-state index in [0.717, 1.165) is 55.1 Å². The van der Waals surface area contributed by atoms with Crippen LogP contribution in [0.1, 0.15) is 40.4 Å². The molecule has 0 aromatic carbocycles. The van der Waals surface area contributed by atoms with Gasteiger partial charge >= 0.3 is 0 Å². The Hall–Kier alpha value is -2.70. The Morgan fingerprint density at radius 1 is 1.36 bits per heavy atom. The van der Waals surface area contributed by atoms with E-state index in [9.17, 15) is 4.79 Å². The van der Waals surface area contributed by atoms with E-state index in [4.69, 9.17) is 0 Å². The molecule has 0 bridgehead atoms. The summed E-state index contributed by atoms with van der Waals surface area (Å²) >= 11 is 0. The molecular formula is C18H22N6O. The molecule has 4 heterocycles. The lowest BCUT2D eigenvalue weighted by molar-refractivity contribution is 0.0666. The van der Waals surface area contributed by atoms with Crippen LogP contribution in [0.25, 0.3) is 5.65 Å². The van der Waals surface area contributed by atoms with E-state index in [-0.39, 0.29) is 5.91 Å². The summed E-state index contributed by atoms with van der Waals surface area (Å²) in [4.78, 5) is 19.3. The average molecular weight is 338 g/mol. The Labute approximate surface area is 146 Å². The molecule has 1 atom stereocenters. The Morgan fingerprint density at radius 2 is 2.24 bits per heavy atom. The molecule has 3 aromatic rings. The maximum absolute atomic E-state index is 12.9. The lowest BCUT2D eigenvalue weighted by Gasteiger charge is -2.32. The fourth-order valence-corrected chi connectivity index (χ4v) is 3.68. The van der Waals surface area contributed by atoms with Gasteiger partial charge in [-0.25, -0.2) is 9.50 Å². The van der Waals surface area contributed by atoms with Crippen molar-refractivity contribution in [1.29, 1.82) is 0 Å². The number of carbonyl (C=O) groups excluding carboxylic acids is 1. The van der Waals surface area contributed by atoms with Crippen molar-refractivity contribution in [3.8, 4) is 0 Å². The van der Waals surface area contributed by atoms with Crippen molar-refractivity contribution in [3.63, 3.8) is 0 Å². The zero-order chi connectivity index (χ0) is 17.4. The number of likely N-dealkylation sites (tertiary alicyclic amines) is 1. The molecule has 1 saturated heterocycles. The number of aryl methyl sites for hydroxylation is 2. The molecule has 0 radical (unpaired) electrons. The largest absolute Gasteiger partial charge is 0.337 e. The van der Waals surface area contributed by atoms with Crippen LogP contribution in [0.3, 0.4) is 0 Å². The van der Waals surface area contributed by atoms with Crippen molar-refractivity contribution in [1.82, 2.24) is 29.7 Å². The minimum absolute atomic E-state index is 0.00290. The molecule has 1 aliphatic rings. The summed E-state index contributed by atoms with van der Waals surface area (Å²) in [6, 6.07) is 5.76. The minimum Gasteiger partial charge on any atom is -0.337 e. The first-order chi connectivity index (χ1) is 12.1. The number of rotatable bonds is 3. The normalized spacial score (nSPS) is 18.0. The number of piperidine rings is 1. The van der Waals surface area contributed by atoms with Crippen molar-refractivity contribution in [2.45, 2.75) is 33.1 Å². The summed E-state index contributed by atoms with van der Waals surface area (Å²) in [5, 5.41) is 11.5. The zero-order valence-electron chi connectivity index (χ0n) is 14.6. The fraction of sp³-hybridized carbons (Fsp3) is 0.444. The Kier molecular flexibility index (Phi) is 3.99. The van der Waals surface area contributed by atoms with Crippen LogP contribution in [-0.4, -0.2) is 48.7 Å². The molecule has 0 saturated carbocycles. The summed E-state index contributed by atoms with van der Waals surface area (Å²) in [5.74, 6) is 0.453. The molecule has 0 unspecified atom stereocenters. The van der Waals surface area contributed by atoms with Gasteiger partial charge in [-0.1, -0.05) is 0 Å². The van der Waals surface area contributed by atoms with Gasteiger partial charge in [-0.05, 0) is 51.2 Å². The number of nitrogens with zero attached hydrogens (tertiary/aromatic N) is 5. The second-order valence-corrected chi connectivity index (χ2v) is 6.88. The van der Waals surface area contributed by atoms with Crippen LogP contribution in [0.5, 0.6) is 0 Å². The van der Waals surface area contributed by atoms with Gasteiger partial charge in [0.25, 0.3) is 5.91 Å². The van der Waals surface area contributed by atoms with Gasteiger partial charge in [0, 0.05) is 42.4 Å². The highest BCUT2D eigenvalue weighted by atomic mass is 16.2. The van der Waals surface area contributed by atoms with Crippen molar-refractivity contribution in [3.05, 3.63) is 47.2 Å². The number of fused-ring (bicyclic) bond motifs is 1. The monoisotopic (exact) mass is 338 g/mol. The smallest absolute Gasteiger partial charge is 0.274 e. The van der Waals surface area contributed by atoms with Crippen LogP contribution in [0.15, 0.2) is 24.4 Å². The standard InChI is InChI=1S/C18H22N6O/c1-12-8-13(2)24-17(20-12)10-16(22-24)18(25)23-7-3-4-14(11-23)9-15-5-6-19-21-15/h5-6,8,10,14H,3-4,7,9,11H2,1-2H3,(H,19,21)/t14-/m0/s1. The van der Waals surface area contributed by atoms with E-state index >= 15 is 0 Å². The summed E-state index contributed by atoms with van der Waals surface area (Å²) in [6.45, 7) is 5.48. The third kappa shape index (κ3) is 3.14. The average Bonchev–Trinajstić information content (AvgIpc) is 3.24. The number of H-pyrrole nitrogens is 1. The molecule has 25 heavy (non-hydrogen) atoms. The molecule has 0 aliphatic carbocycles. The Morgan fingerprint density at radius 3 is 3.04 bits per heavy atom. The third-order valence-corrected chi connectivity index (χ3v) is 4.83. The lowest BCUT2D eigenvalue weighted by Crippen LogP contribution is -2.40. The van der Waals surface area contributed by atoms with Gasteiger partial charge in [0.05, 0.1) is 0 Å². The number of hydrogen-bond donors (Lipinski definition) is 1. The molecule has 0 spiro atoms. The predicted molar refractivity (Wildman–Crippen MR) is 93.4 cm³/mol. The highest BCUT2D eigenvalue weighted by Crippen LogP contribution is 2.22. The van der Waals surface area contributed by atoms with Crippen LogP contribution in [-0.2, 0) is 6.42 Å². The minimum atomic E-state index is -0.00290. The molecule has 7 nitrogen and oxygen atoms in total. The molecule has 1 N–H and O–H groups in total. The summed E-state index contributed by atoms with van der Waals surface area (Å²) < 4.78 is 1.74. The molecule has 1 aliphatic heterocycles. The van der Waals surface area contributed by atoms with E-state index in [1.165, 1.54) is 0 Å². The molecule has 4 rings (SSSR count). The highest BCUT2D eigenvalue weighted by molar-refractivity contribution is 5.93.